The molecule has 0 bridgehead atoms. The van der Waals surface area contributed by atoms with Crippen molar-refractivity contribution in [1.82, 2.24) is 14.5 Å². The van der Waals surface area contributed by atoms with E-state index in [0.29, 0.717) is 0 Å². The third-order valence-electron chi connectivity index (χ3n) is 10.0. The zero-order chi connectivity index (χ0) is 31.3. The van der Waals surface area contributed by atoms with Crippen molar-refractivity contribution in [2.45, 2.75) is 19.3 Å². The van der Waals surface area contributed by atoms with E-state index in [1.54, 1.807) is 11.3 Å². The molecule has 0 amide bonds. The highest BCUT2D eigenvalue weighted by atomic mass is 32.1. The predicted molar refractivity (Wildman–Crippen MR) is 198 cm³/mol. The van der Waals surface area contributed by atoms with Crippen LogP contribution in [0.15, 0.2) is 140 Å². The van der Waals surface area contributed by atoms with Crippen LogP contribution in [-0.4, -0.2) is 14.5 Å². The molecule has 1 aliphatic rings. The lowest BCUT2D eigenvalue weighted by molar-refractivity contribution is 0.661. The second kappa shape index (κ2) is 9.71. The molecule has 47 heavy (non-hydrogen) atoms. The van der Waals surface area contributed by atoms with Crippen LogP contribution in [0.25, 0.3) is 81.6 Å². The molecule has 0 aliphatic heterocycles. The summed E-state index contributed by atoms with van der Waals surface area (Å²) in [5.74, 6) is 0.747. The molecule has 0 atom stereocenters. The summed E-state index contributed by atoms with van der Waals surface area (Å²) in [6, 6.07) is 50.3. The molecule has 6 aromatic carbocycles. The zero-order valence-corrected chi connectivity index (χ0v) is 26.8. The number of nitrogens with zero attached hydrogens (tertiary/aromatic N) is 3. The van der Waals surface area contributed by atoms with Crippen molar-refractivity contribution in [3.63, 3.8) is 0 Å². The van der Waals surface area contributed by atoms with Crippen LogP contribution in [0, 0.1) is 0 Å². The molecule has 3 nitrogen and oxygen atoms in total. The third kappa shape index (κ3) is 3.79. The molecule has 0 fully saturated rings. The zero-order valence-electron chi connectivity index (χ0n) is 26.0. The quantitative estimate of drug-likeness (QED) is 0.197. The Bertz CT molecular complexity index is 2710. The lowest BCUT2D eigenvalue weighted by atomic mass is 9.82. The summed E-state index contributed by atoms with van der Waals surface area (Å²) in [6.07, 6.45) is 0. The van der Waals surface area contributed by atoms with Crippen LogP contribution in [0.1, 0.15) is 25.0 Å². The van der Waals surface area contributed by atoms with Gasteiger partial charge in [0.1, 0.15) is 0 Å². The summed E-state index contributed by atoms with van der Waals surface area (Å²) >= 11 is 1.77. The molecule has 0 unspecified atom stereocenters. The molecule has 9 aromatic rings. The first-order chi connectivity index (χ1) is 23.1. The number of hydrogen-bond donors (Lipinski definition) is 0. The van der Waals surface area contributed by atoms with E-state index in [-0.39, 0.29) is 5.41 Å². The molecular weight excluding hydrogens is 591 g/mol. The van der Waals surface area contributed by atoms with Gasteiger partial charge in [0, 0.05) is 43.1 Å². The standard InChI is InChI=1S/C43H29N3S/c1-43(2)34-20-9-6-17-29(34)32-24-33-30-18-7-10-21-36(30)46(37(33)25-35(32)43)28-16-12-15-27(23-28)39-41-40(31-19-8-11-22-38(31)47-41)45-42(44-39)26-13-4-3-5-14-26/h3-25H,1-2H3. The summed E-state index contributed by atoms with van der Waals surface area (Å²) in [4.78, 5) is 10.4. The average Bonchev–Trinajstić information content (AvgIpc) is 3.73. The highest BCUT2D eigenvalue weighted by Gasteiger charge is 2.36. The number of aromatic nitrogens is 3. The van der Waals surface area contributed by atoms with Crippen LogP contribution in [-0.2, 0) is 5.41 Å². The molecule has 10 rings (SSSR count). The van der Waals surface area contributed by atoms with E-state index in [0.717, 1.165) is 38.5 Å². The minimum Gasteiger partial charge on any atom is -0.309 e. The van der Waals surface area contributed by atoms with Gasteiger partial charge in [-0.2, -0.15) is 0 Å². The van der Waals surface area contributed by atoms with Crippen LogP contribution in [0.5, 0.6) is 0 Å². The molecule has 4 heteroatoms. The Balaban J connectivity index is 1.24. The number of fused-ring (bicyclic) bond motifs is 9. The molecule has 222 valence electrons. The maximum atomic E-state index is 5.26. The molecule has 1 aliphatic carbocycles. The number of rotatable bonds is 3. The SMILES string of the molecule is CC1(C)c2ccccc2-c2cc3c4ccccc4n(-c4cccc(-c5nc(-c6ccccc6)nc6c5sc5ccccc56)c4)c3cc21. The largest absolute Gasteiger partial charge is 0.309 e. The van der Waals surface area contributed by atoms with E-state index in [4.69, 9.17) is 9.97 Å². The molecular formula is C43H29N3S. The van der Waals surface area contributed by atoms with Gasteiger partial charge in [0.05, 0.1) is 26.9 Å². The van der Waals surface area contributed by atoms with Gasteiger partial charge in [0.25, 0.3) is 0 Å². The maximum absolute atomic E-state index is 5.26. The predicted octanol–water partition coefficient (Wildman–Crippen LogP) is 11.6. The Hall–Kier alpha value is -5.58. The maximum Gasteiger partial charge on any atom is 0.160 e. The number of thiophene rings is 1. The van der Waals surface area contributed by atoms with Crippen molar-refractivity contribution in [2.75, 3.05) is 0 Å². The fourth-order valence-electron chi connectivity index (χ4n) is 7.74. The van der Waals surface area contributed by atoms with Crippen LogP contribution < -0.4 is 0 Å². The average molecular weight is 620 g/mol. The lowest BCUT2D eigenvalue weighted by Crippen LogP contribution is -2.14. The van der Waals surface area contributed by atoms with Crippen molar-refractivity contribution in [3.8, 4) is 39.5 Å². The normalized spacial score (nSPS) is 13.5. The van der Waals surface area contributed by atoms with Crippen molar-refractivity contribution in [2.24, 2.45) is 0 Å². The first-order valence-corrected chi connectivity index (χ1v) is 16.9. The second-order valence-corrected chi connectivity index (χ2v) is 14.1. The molecule has 0 N–H and O–H groups in total. The number of para-hydroxylation sites is 1. The highest BCUT2D eigenvalue weighted by Crippen LogP contribution is 2.51. The Morgan fingerprint density at radius 2 is 1.30 bits per heavy atom. The van der Waals surface area contributed by atoms with E-state index >= 15 is 0 Å². The van der Waals surface area contributed by atoms with Gasteiger partial charge < -0.3 is 4.57 Å². The van der Waals surface area contributed by atoms with Gasteiger partial charge in [-0.3, -0.25) is 0 Å². The Labute approximate surface area is 276 Å². The van der Waals surface area contributed by atoms with Crippen molar-refractivity contribution < 1.29 is 0 Å². The van der Waals surface area contributed by atoms with Crippen LogP contribution in [0.3, 0.4) is 0 Å². The van der Waals surface area contributed by atoms with Crippen molar-refractivity contribution in [1.29, 1.82) is 0 Å². The summed E-state index contributed by atoms with van der Waals surface area (Å²) in [7, 11) is 0. The van der Waals surface area contributed by atoms with Gasteiger partial charge >= 0.3 is 0 Å². The number of benzene rings is 6. The van der Waals surface area contributed by atoms with E-state index < -0.39 is 0 Å². The summed E-state index contributed by atoms with van der Waals surface area (Å²) in [5, 5.41) is 3.71. The van der Waals surface area contributed by atoms with Crippen LogP contribution in [0.4, 0.5) is 0 Å². The first kappa shape index (κ1) is 26.6. The lowest BCUT2D eigenvalue weighted by Gasteiger charge is -2.21. The monoisotopic (exact) mass is 619 g/mol. The summed E-state index contributed by atoms with van der Waals surface area (Å²) in [5.41, 5.74) is 13.0. The summed E-state index contributed by atoms with van der Waals surface area (Å²) < 4.78 is 4.77. The van der Waals surface area contributed by atoms with Crippen molar-refractivity contribution in [3.05, 3.63) is 151 Å². The Morgan fingerprint density at radius 3 is 2.19 bits per heavy atom. The fraction of sp³-hybridized carbons (Fsp3) is 0.0698. The molecule has 0 spiro atoms. The van der Waals surface area contributed by atoms with Gasteiger partial charge in [0.15, 0.2) is 5.82 Å². The van der Waals surface area contributed by atoms with Gasteiger partial charge in [0.2, 0.25) is 0 Å². The van der Waals surface area contributed by atoms with E-state index in [2.05, 4.69) is 140 Å². The molecule has 3 heterocycles. The second-order valence-electron chi connectivity index (χ2n) is 13.0. The van der Waals surface area contributed by atoms with Gasteiger partial charge in [-0.25, -0.2) is 9.97 Å². The molecule has 0 radical (unpaired) electrons. The van der Waals surface area contributed by atoms with Crippen LogP contribution >= 0.6 is 11.3 Å². The van der Waals surface area contributed by atoms with Crippen LogP contribution in [0.2, 0.25) is 0 Å². The smallest absolute Gasteiger partial charge is 0.160 e. The Morgan fingerprint density at radius 1 is 0.553 bits per heavy atom. The fourth-order valence-corrected chi connectivity index (χ4v) is 8.89. The van der Waals surface area contributed by atoms with Gasteiger partial charge in [-0.05, 0) is 58.7 Å². The van der Waals surface area contributed by atoms with E-state index in [1.807, 2.05) is 18.2 Å². The van der Waals surface area contributed by atoms with E-state index in [1.165, 1.54) is 54.1 Å². The topological polar surface area (TPSA) is 30.7 Å². The first-order valence-electron chi connectivity index (χ1n) is 16.1. The molecule has 0 saturated carbocycles. The Kier molecular flexibility index (Phi) is 5.50. The van der Waals surface area contributed by atoms with Gasteiger partial charge in [-0.1, -0.05) is 117 Å². The van der Waals surface area contributed by atoms with E-state index in [9.17, 15) is 0 Å². The van der Waals surface area contributed by atoms with Crippen molar-refractivity contribution >= 4 is 53.4 Å². The molecule has 3 aromatic heterocycles. The summed E-state index contributed by atoms with van der Waals surface area (Å²) in [6.45, 7) is 4.71. The number of hydrogen-bond acceptors (Lipinski definition) is 3. The third-order valence-corrected chi connectivity index (χ3v) is 11.2. The minimum absolute atomic E-state index is 0.0785. The molecule has 0 saturated heterocycles. The van der Waals surface area contributed by atoms with Gasteiger partial charge in [-0.15, -0.1) is 11.3 Å². The highest BCUT2D eigenvalue weighted by molar-refractivity contribution is 7.26. The minimum atomic E-state index is -0.0785.